The topological polar surface area (TPSA) is 15.0 Å². The number of likely N-dealkylation sites (N-methyl/N-ethyl adjacent to an activating group) is 1. The SMILES string of the molecule is CCc1cccc(C)c1N1CC1CNC. The van der Waals surface area contributed by atoms with E-state index >= 15 is 0 Å². The molecule has 0 radical (unpaired) electrons. The van der Waals surface area contributed by atoms with Gasteiger partial charge in [0.2, 0.25) is 0 Å². The molecule has 1 atom stereocenters. The fourth-order valence-corrected chi connectivity index (χ4v) is 2.28. The molecule has 0 bridgehead atoms. The molecule has 1 heterocycles. The predicted octanol–water partition coefficient (Wildman–Crippen LogP) is 1.97. The Morgan fingerprint density at radius 2 is 2.27 bits per heavy atom. The van der Waals surface area contributed by atoms with Crippen LogP contribution in [0.4, 0.5) is 5.69 Å². The van der Waals surface area contributed by atoms with Gasteiger partial charge in [-0.1, -0.05) is 25.1 Å². The van der Waals surface area contributed by atoms with Crippen molar-refractivity contribution in [2.45, 2.75) is 26.3 Å². The number of hydrogen-bond acceptors (Lipinski definition) is 2. The van der Waals surface area contributed by atoms with Crippen LogP contribution in [-0.4, -0.2) is 26.2 Å². The predicted molar refractivity (Wildman–Crippen MR) is 65.6 cm³/mol. The lowest BCUT2D eigenvalue weighted by atomic mass is 10.1. The average Bonchev–Trinajstić information content (AvgIpc) is 2.97. The highest BCUT2D eigenvalue weighted by Gasteiger charge is 2.35. The number of nitrogens with one attached hydrogen (secondary N) is 1. The Morgan fingerprint density at radius 1 is 1.47 bits per heavy atom. The highest BCUT2D eigenvalue weighted by Crippen LogP contribution is 2.34. The second kappa shape index (κ2) is 4.23. The Bertz CT molecular complexity index is 346. The van der Waals surface area contributed by atoms with Gasteiger partial charge in [0.1, 0.15) is 0 Å². The summed E-state index contributed by atoms with van der Waals surface area (Å²) in [6.07, 6.45) is 1.12. The van der Waals surface area contributed by atoms with Gasteiger partial charge < -0.3 is 10.2 Å². The van der Waals surface area contributed by atoms with Crippen LogP contribution in [0.5, 0.6) is 0 Å². The smallest absolute Gasteiger partial charge is 0.0590 e. The summed E-state index contributed by atoms with van der Waals surface area (Å²) in [5.41, 5.74) is 4.36. The van der Waals surface area contributed by atoms with Crippen molar-refractivity contribution in [3.8, 4) is 0 Å². The van der Waals surface area contributed by atoms with E-state index < -0.39 is 0 Å². The summed E-state index contributed by atoms with van der Waals surface area (Å²) in [6, 6.07) is 7.33. The van der Waals surface area contributed by atoms with Crippen LogP contribution < -0.4 is 10.2 Å². The lowest BCUT2D eigenvalue weighted by Gasteiger charge is -2.14. The maximum atomic E-state index is 3.24. The van der Waals surface area contributed by atoms with E-state index in [-0.39, 0.29) is 0 Å². The minimum absolute atomic E-state index is 0.710. The highest BCUT2D eigenvalue weighted by atomic mass is 15.3. The standard InChI is InChI=1S/C13H20N2/c1-4-11-7-5-6-10(2)13(11)15-9-12(15)8-14-3/h5-7,12,14H,4,8-9H2,1-3H3. The van der Waals surface area contributed by atoms with Gasteiger partial charge in [0, 0.05) is 18.8 Å². The molecule has 0 spiro atoms. The van der Waals surface area contributed by atoms with Crippen molar-refractivity contribution in [3.63, 3.8) is 0 Å². The van der Waals surface area contributed by atoms with Gasteiger partial charge in [0.15, 0.2) is 0 Å². The third kappa shape index (κ3) is 2.00. The van der Waals surface area contributed by atoms with Crippen molar-refractivity contribution in [2.24, 2.45) is 0 Å². The molecule has 0 aromatic heterocycles. The molecule has 1 fully saturated rings. The van der Waals surface area contributed by atoms with E-state index in [1.54, 1.807) is 0 Å². The molecule has 2 nitrogen and oxygen atoms in total. The molecular weight excluding hydrogens is 184 g/mol. The summed E-state index contributed by atoms with van der Waals surface area (Å²) in [6.45, 7) is 6.74. The number of hydrogen-bond donors (Lipinski definition) is 1. The van der Waals surface area contributed by atoms with E-state index in [4.69, 9.17) is 0 Å². The van der Waals surface area contributed by atoms with Gasteiger partial charge in [0.05, 0.1) is 6.04 Å². The van der Waals surface area contributed by atoms with Crippen LogP contribution in [0.1, 0.15) is 18.1 Å². The van der Waals surface area contributed by atoms with Crippen LogP contribution in [0.2, 0.25) is 0 Å². The molecule has 15 heavy (non-hydrogen) atoms. The van der Waals surface area contributed by atoms with Crippen LogP contribution in [-0.2, 0) is 6.42 Å². The van der Waals surface area contributed by atoms with E-state index in [0.29, 0.717) is 6.04 Å². The maximum Gasteiger partial charge on any atom is 0.0590 e. The van der Waals surface area contributed by atoms with Crippen molar-refractivity contribution >= 4 is 5.69 Å². The minimum Gasteiger partial charge on any atom is -0.363 e. The normalized spacial score (nSPS) is 19.4. The Balaban J connectivity index is 2.21. The molecule has 0 saturated carbocycles. The number of para-hydroxylation sites is 1. The summed E-state index contributed by atoms with van der Waals surface area (Å²) in [5, 5.41) is 3.24. The Labute approximate surface area is 92.3 Å². The molecule has 82 valence electrons. The Morgan fingerprint density at radius 3 is 2.93 bits per heavy atom. The molecule has 2 rings (SSSR count). The molecule has 1 aliphatic rings. The molecule has 1 aromatic rings. The quantitative estimate of drug-likeness (QED) is 0.754. The average molecular weight is 204 g/mol. The number of nitrogens with zero attached hydrogens (tertiary/aromatic N) is 1. The van der Waals surface area contributed by atoms with Gasteiger partial charge in [-0.25, -0.2) is 0 Å². The lowest BCUT2D eigenvalue weighted by molar-refractivity contribution is 0.789. The number of benzene rings is 1. The zero-order valence-electron chi connectivity index (χ0n) is 9.88. The van der Waals surface area contributed by atoms with Crippen LogP contribution in [0.3, 0.4) is 0 Å². The third-order valence-electron chi connectivity index (χ3n) is 3.14. The number of aryl methyl sites for hydroxylation is 2. The largest absolute Gasteiger partial charge is 0.363 e. The third-order valence-corrected chi connectivity index (χ3v) is 3.14. The molecule has 1 unspecified atom stereocenters. The first-order chi connectivity index (χ1) is 7.27. The van der Waals surface area contributed by atoms with Crippen LogP contribution >= 0.6 is 0 Å². The highest BCUT2D eigenvalue weighted by molar-refractivity contribution is 5.64. The minimum atomic E-state index is 0.710. The zero-order chi connectivity index (χ0) is 10.8. The number of rotatable bonds is 4. The summed E-state index contributed by atoms with van der Waals surface area (Å²) in [5.74, 6) is 0. The van der Waals surface area contributed by atoms with E-state index in [1.165, 1.54) is 23.4 Å². The lowest BCUT2D eigenvalue weighted by Crippen LogP contribution is -2.17. The van der Waals surface area contributed by atoms with Crippen molar-refractivity contribution in [2.75, 3.05) is 25.0 Å². The Kier molecular flexibility index (Phi) is 2.96. The van der Waals surface area contributed by atoms with Gasteiger partial charge in [-0.3, -0.25) is 0 Å². The van der Waals surface area contributed by atoms with Crippen molar-refractivity contribution in [3.05, 3.63) is 29.3 Å². The van der Waals surface area contributed by atoms with Gasteiger partial charge in [-0.15, -0.1) is 0 Å². The number of anilines is 1. The maximum absolute atomic E-state index is 3.24. The van der Waals surface area contributed by atoms with E-state index in [0.717, 1.165) is 13.0 Å². The zero-order valence-corrected chi connectivity index (χ0v) is 9.88. The molecule has 2 heteroatoms. The van der Waals surface area contributed by atoms with Gasteiger partial charge in [0.25, 0.3) is 0 Å². The molecule has 0 amide bonds. The molecule has 1 N–H and O–H groups in total. The first-order valence-electron chi connectivity index (χ1n) is 5.77. The van der Waals surface area contributed by atoms with Crippen LogP contribution in [0.15, 0.2) is 18.2 Å². The molecule has 0 aliphatic carbocycles. The second-order valence-corrected chi connectivity index (χ2v) is 4.30. The Hall–Kier alpha value is -1.02. The van der Waals surface area contributed by atoms with Gasteiger partial charge in [-0.05, 0) is 31.5 Å². The molecule has 1 saturated heterocycles. The first-order valence-corrected chi connectivity index (χ1v) is 5.77. The van der Waals surface area contributed by atoms with E-state index in [1.807, 2.05) is 7.05 Å². The molecule has 1 aliphatic heterocycles. The summed E-state index contributed by atoms with van der Waals surface area (Å²) in [4.78, 5) is 2.50. The van der Waals surface area contributed by atoms with Crippen molar-refractivity contribution in [1.82, 2.24) is 5.32 Å². The van der Waals surface area contributed by atoms with Crippen LogP contribution in [0.25, 0.3) is 0 Å². The second-order valence-electron chi connectivity index (χ2n) is 4.30. The van der Waals surface area contributed by atoms with Gasteiger partial charge >= 0.3 is 0 Å². The molecule has 1 aromatic carbocycles. The fourth-order valence-electron chi connectivity index (χ4n) is 2.28. The van der Waals surface area contributed by atoms with Gasteiger partial charge in [-0.2, -0.15) is 0 Å². The first kappa shape index (κ1) is 10.5. The molecular formula is C13H20N2. The monoisotopic (exact) mass is 204 g/mol. The van der Waals surface area contributed by atoms with E-state index in [2.05, 4.69) is 42.3 Å². The van der Waals surface area contributed by atoms with E-state index in [9.17, 15) is 0 Å². The fraction of sp³-hybridized carbons (Fsp3) is 0.538. The summed E-state index contributed by atoms with van der Waals surface area (Å²) >= 11 is 0. The van der Waals surface area contributed by atoms with Crippen molar-refractivity contribution < 1.29 is 0 Å². The van der Waals surface area contributed by atoms with Crippen LogP contribution in [0, 0.1) is 6.92 Å². The van der Waals surface area contributed by atoms with Crippen molar-refractivity contribution in [1.29, 1.82) is 0 Å². The summed E-state index contributed by atoms with van der Waals surface area (Å²) in [7, 11) is 2.02. The summed E-state index contributed by atoms with van der Waals surface area (Å²) < 4.78 is 0.